The zero-order valence-electron chi connectivity index (χ0n) is 7.63. The van der Waals surface area contributed by atoms with Crippen molar-refractivity contribution in [3.63, 3.8) is 0 Å². The molecule has 1 radical (unpaired) electrons. The van der Waals surface area contributed by atoms with Gasteiger partial charge in [-0.1, -0.05) is 13.3 Å². The summed E-state index contributed by atoms with van der Waals surface area (Å²) in [6.45, 7) is 1.86. The summed E-state index contributed by atoms with van der Waals surface area (Å²) in [7, 11) is 0. The lowest BCUT2D eigenvalue weighted by atomic mass is 10.1. The van der Waals surface area contributed by atoms with E-state index in [2.05, 4.69) is 0 Å². The third-order valence-corrected chi connectivity index (χ3v) is 1.88. The molecular weight excluding hydrogens is 196 g/mol. The van der Waals surface area contributed by atoms with E-state index in [9.17, 15) is 17.6 Å². The molecule has 0 amide bonds. The molecule has 0 fully saturated rings. The molecule has 1 aromatic carbocycles. The van der Waals surface area contributed by atoms with E-state index in [-0.39, 0.29) is 12.0 Å². The summed E-state index contributed by atoms with van der Waals surface area (Å²) in [6, 6.07) is 1.86. The van der Waals surface area contributed by atoms with Gasteiger partial charge in [0.15, 0.2) is 23.3 Å². The van der Waals surface area contributed by atoms with Crippen LogP contribution >= 0.6 is 0 Å². The fourth-order valence-corrected chi connectivity index (χ4v) is 1.09. The van der Waals surface area contributed by atoms with Gasteiger partial charge in [0.1, 0.15) is 0 Å². The van der Waals surface area contributed by atoms with E-state index in [1.807, 2.05) is 13.0 Å². The number of hydrogen-bond donors (Lipinski definition) is 0. The topological polar surface area (TPSA) is 0 Å². The lowest BCUT2D eigenvalue weighted by Crippen LogP contribution is -2.02. The zero-order valence-corrected chi connectivity index (χ0v) is 7.63. The second-order valence-corrected chi connectivity index (χ2v) is 2.96. The molecule has 0 aliphatic carbocycles. The van der Waals surface area contributed by atoms with Crippen LogP contribution in [0.5, 0.6) is 0 Å². The highest BCUT2D eigenvalue weighted by Crippen LogP contribution is 2.19. The minimum Gasteiger partial charge on any atom is -0.203 e. The summed E-state index contributed by atoms with van der Waals surface area (Å²) in [5, 5.41) is 0. The van der Waals surface area contributed by atoms with Crippen LogP contribution in [0.25, 0.3) is 0 Å². The van der Waals surface area contributed by atoms with Gasteiger partial charge in [0.05, 0.1) is 0 Å². The Morgan fingerprint density at radius 3 is 2.21 bits per heavy atom. The SMILES string of the molecule is CCCCc1[c]c(F)c(F)c(F)c1F. The van der Waals surface area contributed by atoms with Gasteiger partial charge in [0, 0.05) is 11.6 Å². The fourth-order valence-electron chi connectivity index (χ4n) is 1.09. The summed E-state index contributed by atoms with van der Waals surface area (Å²) < 4.78 is 50.7. The van der Waals surface area contributed by atoms with Crippen molar-refractivity contribution in [3.8, 4) is 0 Å². The molecule has 0 aromatic heterocycles. The van der Waals surface area contributed by atoms with Crippen LogP contribution in [-0.4, -0.2) is 0 Å². The number of hydrogen-bond acceptors (Lipinski definition) is 0. The standard InChI is InChI=1S/C10H9F4/c1-2-3-4-6-5-7(11)9(13)10(14)8(6)12/h2-4H2,1H3. The van der Waals surface area contributed by atoms with Crippen LogP contribution in [0.15, 0.2) is 0 Å². The third-order valence-electron chi connectivity index (χ3n) is 1.88. The number of unbranched alkanes of at least 4 members (excludes halogenated alkanes) is 1. The van der Waals surface area contributed by atoms with Gasteiger partial charge in [0.2, 0.25) is 0 Å². The van der Waals surface area contributed by atoms with Gasteiger partial charge in [-0.2, -0.15) is 0 Å². The van der Waals surface area contributed by atoms with Crippen LogP contribution in [0.3, 0.4) is 0 Å². The second kappa shape index (κ2) is 4.44. The van der Waals surface area contributed by atoms with E-state index >= 15 is 0 Å². The number of aryl methyl sites for hydroxylation is 1. The first-order chi connectivity index (χ1) is 6.57. The normalized spacial score (nSPS) is 10.6. The first-order valence-corrected chi connectivity index (χ1v) is 4.32. The predicted octanol–water partition coefficient (Wildman–Crippen LogP) is 3.39. The highest BCUT2D eigenvalue weighted by molar-refractivity contribution is 5.20. The maximum atomic E-state index is 13.0. The van der Waals surface area contributed by atoms with Crippen LogP contribution < -0.4 is 0 Å². The highest BCUT2D eigenvalue weighted by atomic mass is 19.2. The molecule has 1 aromatic rings. The second-order valence-electron chi connectivity index (χ2n) is 2.96. The summed E-state index contributed by atoms with van der Waals surface area (Å²) >= 11 is 0. The Morgan fingerprint density at radius 2 is 1.64 bits per heavy atom. The Kier molecular flexibility index (Phi) is 3.49. The molecule has 0 aliphatic heterocycles. The van der Waals surface area contributed by atoms with E-state index < -0.39 is 23.3 Å². The summed E-state index contributed by atoms with van der Waals surface area (Å²) in [4.78, 5) is 0. The molecule has 0 nitrogen and oxygen atoms in total. The molecule has 0 aliphatic rings. The molecule has 4 heteroatoms. The van der Waals surface area contributed by atoms with Crippen molar-refractivity contribution in [2.45, 2.75) is 26.2 Å². The monoisotopic (exact) mass is 205 g/mol. The van der Waals surface area contributed by atoms with Crippen molar-refractivity contribution in [1.29, 1.82) is 0 Å². The molecule has 77 valence electrons. The van der Waals surface area contributed by atoms with Crippen LogP contribution in [0.4, 0.5) is 17.6 Å². The molecular formula is C10H9F4. The van der Waals surface area contributed by atoms with Crippen molar-refractivity contribution in [3.05, 3.63) is 34.9 Å². The number of benzene rings is 1. The van der Waals surface area contributed by atoms with Gasteiger partial charge in [0.25, 0.3) is 0 Å². The summed E-state index contributed by atoms with van der Waals surface area (Å²) in [5.41, 5.74) is -0.233. The van der Waals surface area contributed by atoms with Gasteiger partial charge in [-0.05, 0) is 12.8 Å². The third kappa shape index (κ3) is 2.05. The van der Waals surface area contributed by atoms with Gasteiger partial charge in [-0.25, -0.2) is 17.6 Å². The molecule has 0 atom stereocenters. The van der Waals surface area contributed by atoms with Crippen molar-refractivity contribution in [2.75, 3.05) is 0 Å². The zero-order chi connectivity index (χ0) is 10.7. The molecule has 0 saturated heterocycles. The molecule has 0 unspecified atom stereocenters. The first-order valence-electron chi connectivity index (χ1n) is 4.32. The Morgan fingerprint density at radius 1 is 1.00 bits per heavy atom. The van der Waals surface area contributed by atoms with E-state index in [4.69, 9.17) is 0 Å². The molecule has 14 heavy (non-hydrogen) atoms. The number of halogens is 4. The Labute approximate surface area is 79.6 Å². The average Bonchev–Trinajstić information content (AvgIpc) is 2.18. The van der Waals surface area contributed by atoms with Crippen molar-refractivity contribution >= 4 is 0 Å². The maximum Gasteiger partial charge on any atom is 0.198 e. The van der Waals surface area contributed by atoms with Crippen LogP contribution in [0, 0.1) is 29.3 Å². The van der Waals surface area contributed by atoms with E-state index in [1.165, 1.54) is 0 Å². The van der Waals surface area contributed by atoms with Gasteiger partial charge in [-0.15, -0.1) is 0 Å². The van der Waals surface area contributed by atoms with Crippen molar-refractivity contribution in [1.82, 2.24) is 0 Å². The molecule has 1 rings (SSSR count). The van der Waals surface area contributed by atoms with Crippen LogP contribution in [0.2, 0.25) is 0 Å². The highest BCUT2D eigenvalue weighted by Gasteiger charge is 2.18. The van der Waals surface area contributed by atoms with E-state index in [0.717, 1.165) is 6.42 Å². The predicted molar refractivity (Wildman–Crippen MR) is 43.7 cm³/mol. The van der Waals surface area contributed by atoms with E-state index in [0.29, 0.717) is 6.42 Å². The van der Waals surface area contributed by atoms with Crippen LogP contribution in [0.1, 0.15) is 25.3 Å². The quantitative estimate of drug-likeness (QED) is 0.403. The Hall–Kier alpha value is -1.06. The first kappa shape index (κ1) is 11.0. The van der Waals surface area contributed by atoms with Gasteiger partial charge >= 0.3 is 0 Å². The van der Waals surface area contributed by atoms with Crippen LogP contribution in [-0.2, 0) is 6.42 Å². The minimum atomic E-state index is -1.80. The Balaban J connectivity index is 3.06. The Bertz CT molecular complexity index is 333. The fraction of sp³-hybridized carbons (Fsp3) is 0.400. The molecule has 0 spiro atoms. The molecule has 0 saturated carbocycles. The van der Waals surface area contributed by atoms with Gasteiger partial charge in [-0.3, -0.25) is 0 Å². The molecule has 0 N–H and O–H groups in total. The molecule has 0 heterocycles. The minimum absolute atomic E-state index is 0.163. The van der Waals surface area contributed by atoms with Gasteiger partial charge < -0.3 is 0 Å². The largest absolute Gasteiger partial charge is 0.203 e. The summed E-state index contributed by atoms with van der Waals surface area (Å²) in [6.07, 6.45) is 1.50. The lowest BCUT2D eigenvalue weighted by molar-refractivity contribution is 0.402. The lowest BCUT2D eigenvalue weighted by Gasteiger charge is -2.03. The average molecular weight is 205 g/mol. The smallest absolute Gasteiger partial charge is 0.198 e. The van der Waals surface area contributed by atoms with Crippen molar-refractivity contribution in [2.24, 2.45) is 0 Å². The number of rotatable bonds is 3. The summed E-state index contributed by atoms with van der Waals surface area (Å²) in [5.74, 6) is -6.36. The van der Waals surface area contributed by atoms with E-state index in [1.54, 1.807) is 0 Å². The molecule has 0 bridgehead atoms. The van der Waals surface area contributed by atoms with Crippen molar-refractivity contribution < 1.29 is 17.6 Å². The maximum absolute atomic E-state index is 13.0.